The molecule has 0 aliphatic heterocycles. The quantitative estimate of drug-likeness (QED) is 0.170. The smallest absolute Gasteiger partial charge is 0.0547 e. The predicted octanol–water partition coefficient (Wildman–Crippen LogP) is 15.1. The van der Waals surface area contributed by atoms with Gasteiger partial charge in [-0.05, 0) is 107 Å². The lowest BCUT2D eigenvalue weighted by atomic mass is 9.68. The highest BCUT2D eigenvalue weighted by molar-refractivity contribution is 7.25. The van der Waals surface area contributed by atoms with E-state index in [-0.39, 0.29) is 5.41 Å². The molecule has 0 amide bonds. The van der Waals surface area contributed by atoms with Gasteiger partial charge in [0.2, 0.25) is 0 Å². The average Bonchev–Trinajstić information content (AvgIpc) is 3.98. The van der Waals surface area contributed by atoms with Gasteiger partial charge in [0.15, 0.2) is 0 Å². The third-order valence-electron chi connectivity index (χ3n) is 13.5. The molecular formula is C54H38N2S. The molecule has 2 nitrogen and oxygen atoms in total. The first-order valence-corrected chi connectivity index (χ1v) is 21.3. The molecule has 0 atom stereocenters. The minimum Gasteiger partial charge on any atom is -0.309 e. The number of aromatic nitrogens is 2. The van der Waals surface area contributed by atoms with Crippen LogP contribution in [0.3, 0.4) is 0 Å². The summed E-state index contributed by atoms with van der Waals surface area (Å²) in [4.78, 5) is 0. The molecule has 1 fully saturated rings. The molecule has 0 bridgehead atoms. The summed E-state index contributed by atoms with van der Waals surface area (Å²) in [5, 5.41) is 7.88. The summed E-state index contributed by atoms with van der Waals surface area (Å²) in [5.74, 6) is 0. The number of para-hydroxylation sites is 2. The number of hydrogen-bond donors (Lipinski definition) is 0. The summed E-state index contributed by atoms with van der Waals surface area (Å²) in [6, 6.07) is 64.2. The average molecular weight is 747 g/mol. The van der Waals surface area contributed by atoms with Crippen molar-refractivity contribution >= 4 is 75.1 Å². The van der Waals surface area contributed by atoms with Gasteiger partial charge >= 0.3 is 0 Å². The van der Waals surface area contributed by atoms with Crippen molar-refractivity contribution < 1.29 is 0 Å². The molecule has 2 aliphatic carbocycles. The molecule has 8 aromatic carbocycles. The highest BCUT2D eigenvalue weighted by Crippen LogP contribution is 2.57. The first-order chi connectivity index (χ1) is 28.2. The minimum atomic E-state index is 0.120. The van der Waals surface area contributed by atoms with Crippen molar-refractivity contribution in [1.29, 1.82) is 0 Å². The van der Waals surface area contributed by atoms with E-state index < -0.39 is 0 Å². The Kier molecular flexibility index (Phi) is 6.57. The molecule has 0 unspecified atom stereocenters. The molecular weight excluding hydrogens is 709 g/mol. The van der Waals surface area contributed by atoms with Crippen LogP contribution in [0.25, 0.3) is 97.4 Å². The largest absolute Gasteiger partial charge is 0.309 e. The Labute approximate surface area is 334 Å². The number of benzene rings is 8. The second-order valence-corrected chi connectivity index (χ2v) is 17.5. The highest BCUT2D eigenvalue weighted by Gasteiger charge is 2.44. The van der Waals surface area contributed by atoms with Gasteiger partial charge in [-0.1, -0.05) is 128 Å². The molecule has 3 heterocycles. The van der Waals surface area contributed by atoms with E-state index >= 15 is 0 Å². The Balaban J connectivity index is 1.03. The minimum absolute atomic E-state index is 0.120. The van der Waals surface area contributed by atoms with Gasteiger partial charge in [-0.3, -0.25) is 0 Å². The van der Waals surface area contributed by atoms with E-state index in [4.69, 9.17) is 0 Å². The predicted molar refractivity (Wildman–Crippen MR) is 243 cm³/mol. The maximum absolute atomic E-state index is 2.59. The molecule has 13 rings (SSSR count). The van der Waals surface area contributed by atoms with E-state index in [0.29, 0.717) is 0 Å². The topological polar surface area (TPSA) is 9.86 Å². The summed E-state index contributed by atoms with van der Waals surface area (Å²) < 4.78 is 7.63. The van der Waals surface area contributed by atoms with Crippen molar-refractivity contribution in [3.05, 3.63) is 181 Å². The van der Waals surface area contributed by atoms with Crippen LogP contribution < -0.4 is 0 Å². The van der Waals surface area contributed by atoms with E-state index in [1.165, 1.54) is 130 Å². The number of rotatable bonds is 3. The number of hydrogen-bond acceptors (Lipinski definition) is 1. The van der Waals surface area contributed by atoms with Crippen LogP contribution in [-0.4, -0.2) is 9.13 Å². The van der Waals surface area contributed by atoms with Gasteiger partial charge in [-0.2, -0.15) is 0 Å². The second-order valence-electron chi connectivity index (χ2n) is 16.4. The zero-order chi connectivity index (χ0) is 37.2. The fourth-order valence-electron chi connectivity index (χ4n) is 11.0. The van der Waals surface area contributed by atoms with E-state index in [2.05, 4.69) is 179 Å². The zero-order valence-electron chi connectivity index (χ0n) is 31.5. The van der Waals surface area contributed by atoms with E-state index in [1.54, 1.807) is 11.1 Å². The molecule has 0 saturated heterocycles. The normalized spacial score (nSPS) is 14.8. The third-order valence-corrected chi connectivity index (χ3v) is 14.6. The summed E-state index contributed by atoms with van der Waals surface area (Å²) in [5.41, 5.74) is 15.9. The zero-order valence-corrected chi connectivity index (χ0v) is 32.3. The fraction of sp³-hybridized carbons (Fsp3) is 0.111. The summed E-state index contributed by atoms with van der Waals surface area (Å²) >= 11 is 1.88. The lowest BCUT2D eigenvalue weighted by molar-refractivity contribution is 0.353. The Hall–Kier alpha value is -6.42. The monoisotopic (exact) mass is 746 g/mol. The summed E-state index contributed by atoms with van der Waals surface area (Å²) in [6.45, 7) is 0. The Morgan fingerprint density at radius 2 is 0.982 bits per heavy atom. The van der Waals surface area contributed by atoms with Gasteiger partial charge in [0.25, 0.3) is 0 Å². The van der Waals surface area contributed by atoms with Crippen LogP contribution in [0.4, 0.5) is 0 Å². The van der Waals surface area contributed by atoms with Crippen molar-refractivity contribution in [2.24, 2.45) is 0 Å². The van der Waals surface area contributed by atoms with Gasteiger partial charge in [-0.15, -0.1) is 11.3 Å². The Bertz CT molecular complexity index is 3440. The lowest BCUT2D eigenvalue weighted by Gasteiger charge is -2.36. The molecule has 3 aromatic heterocycles. The van der Waals surface area contributed by atoms with E-state index in [1.807, 2.05) is 11.3 Å². The van der Waals surface area contributed by atoms with Gasteiger partial charge in [0, 0.05) is 58.5 Å². The lowest BCUT2D eigenvalue weighted by Crippen LogP contribution is -2.27. The first-order valence-electron chi connectivity index (χ1n) is 20.5. The molecule has 270 valence electrons. The number of thiophene rings is 1. The second kappa shape index (κ2) is 11.8. The van der Waals surface area contributed by atoms with Crippen LogP contribution >= 0.6 is 11.3 Å². The maximum Gasteiger partial charge on any atom is 0.0547 e. The molecule has 1 saturated carbocycles. The van der Waals surface area contributed by atoms with Crippen LogP contribution in [0, 0.1) is 0 Å². The van der Waals surface area contributed by atoms with Crippen molar-refractivity contribution in [2.75, 3.05) is 0 Å². The molecule has 0 radical (unpaired) electrons. The van der Waals surface area contributed by atoms with Gasteiger partial charge < -0.3 is 9.13 Å². The molecule has 2 aliphatic rings. The van der Waals surface area contributed by atoms with Crippen molar-refractivity contribution in [3.8, 4) is 33.6 Å². The maximum atomic E-state index is 2.59. The summed E-state index contributed by atoms with van der Waals surface area (Å²) in [7, 11) is 0. The van der Waals surface area contributed by atoms with E-state index in [9.17, 15) is 0 Å². The van der Waals surface area contributed by atoms with Crippen molar-refractivity contribution in [2.45, 2.75) is 37.5 Å². The fourth-order valence-corrected chi connectivity index (χ4v) is 12.1. The first kappa shape index (κ1) is 31.7. The van der Waals surface area contributed by atoms with Crippen molar-refractivity contribution in [1.82, 2.24) is 9.13 Å². The Morgan fingerprint density at radius 1 is 0.368 bits per heavy atom. The van der Waals surface area contributed by atoms with Crippen molar-refractivity contribution in [3.63, 3.8) is 0 Å². The van der Waals surface area contributed by atoms with E-state index in [0.717, 1.165) is 0 Å². The van der Waals surface area contributed by atoms with Crippen LogP contribution in [-0.2, 0) is 5.41 Å². The number of fused-ring (bicyclic) bond motifs is 14. The third kappa shape index (κ3) is 4.41. The van der Waals surface area contributed by atoms with Gasteiger partial charge in [-0.25, -0.2) is 0 Å². The van der Waals surface area contributed by atoms with Crippen LogP contribution in [0.5, 0.6) is 0 Å². The highest BCUT2D eigenvalue weighted by atomic mass is 32.1. The SMILES string of the molecule is c1ccc(-n2c3cc(-c4ccc5c6ccccc6n(-c6ccc7c(c6)sc6ccccc67)c5c4)ccc3c3cc4c(cc32)-c2ccccc2C42CCCCC2)cc1. The molecule has 11 aromatic rings. The van der Waals surface area contributed by atoms with Gasteiger partial charge in [0.05, 0.1) is 22.1 Å². The molecule has 1 spiro atoms. The Morgan fingerprint density at radius 3 is 1.81 bits per heavy atom. The standard InChI is InChI=1S/C54H38N2S/c1-3-13-36(14-4-1)55-50-30-35(22-25-41(50)45-32-47-44(33-51(45)55)38-15-5-8-18-46(38)54(47)27-11-2-12-28-54)34-21-24-40-39-16-6-9-19-48(39)56(49(40)29-34)37-23-26-43-42-17-7-10-20-52(42)57-53(43)31-37/h1,3-10,13-26,29-33H,2,11-12,27-28H2. The summed E-state index contributed by atoms with van der Waals surface area (Å²) in [6.07, 6.45) is 6.40. The van der Waals surface area contributed by atoms with Gasteiger partial charge in [0.1, 0.15) is 0 Å². The van der Waals surface area contributed by atoms with Crippen LogP contribution in [0.1, 0.15) is 43.2 Å². The molecule has 57 heavy (non-hydrogen) atoms. The molecule has 3 heteroatoms. The number of nitrogens with zero attached hydrogens (tertiary/aromatic N) is 2. The van der Waals surface area contributed by atoms with Crippen LogP contribution in [0.2, 0.25) is 0 Å². The molecule has 0 N–H and O–H groups in total. The van der Waals surface area contributed by atoms with Crippen LogP contribution in [0.15, 0.2) is 170 Å².